The van der Waals surface area contributed by atoms with Crippen LogP contribution in [0.25, 0.3) is 11.3 Å². The van der Waals surface area contributed by atoms with E-state index in [1.165, 1.54) is 6.07 Å². The summed E-state index contributed by atoms with van der Waals surface area (Å²) < 4.78 is 39.6. The fourth-order valence-electron chi connectivity index (χ4n) is 2.62. The number of benzene rings is 2. The predicted molar refractivity (Wildman–Crippen MR) is 113 cm³/mol. The van der Waals surface area contributed by atoms with E-state index in [-0.39, 0.29) is 16.2 Å². The third-order valence-electron chi connectivity index (χ3n) is 4.33. The lowest BCUT2D eigenvalue weighted by molar-refractivity contribution is -0.138. The maximum Gasteiger partial charge on any atom is 0.417 e. The molecule has 0 saturated heterocycles. The second kappa shape index (κ2) is 8.82. The molecule has 29 heavy (non-hydrogen) atoms. The minimum absolute atomic E-state index is 0.0117. The SMILES string of the molecule is CC[C@@H](C)Nc1nc(Nc2ccc(Br)c(C(F)(F)F)c2)cc(-c2ccccc2)n1. The lowest BCUT2D eigenvalue weighted by atomic mass is 10.1. The molecule has 3 rings (SSSR count). The van der Waals surface area contributed by atoms with Gasteiger partial charge in [0, 0.05) is 27.8 Å². The summed E-state index contributed by atoms with van der Waals surface area (Å²) in [6.07, 6.45) is -3.58. The van der Waals surface area contributed by atoms with Crippen molar-refractivity contribution in [1.29, 1.82) is 0 Å². The minimum Gasteiger partial charge on any atom is -0.352 e. The summed E-state index contributed by atoms with van der Waals surface area (Å²) in [4.78, 5) is 8.98. The Morgan fingerprint density at radius 3 is 2.41 bits per heavy atom. The van der Waals surface area contributed by atoms with Gasteiger partial charge >= 0.3 is 6.18 Å². The first-order valence-electron chi connectivity index (χ1n) is 9.11. The van der Waals surface area contributed by atoms with E-state index in [1.807, 2.05) is 44.2 Å². The Bertz CT molecular complexity index is 977. The molecule has 0 aliphatic rings. The summed E-state index contributed by atoms with van der Waals surface area (Å²) in [6.45, 7) is 4.05. The first-order chi connectivity index (χ1) is 13.8. The van der Waals surface area contributed by atoms with Crippen LogP contribution in [0.1, 0.15) is 25.8 Å². The Morgan fingerprint density at radius 1 is 1.03 bits per heavy atom. The molecule has 0 saturated carbocycles. The first-order valence-corrected chi connectivity index (χ1v) is 9.90. The molecule has 0 spiro atoms. The van der Waals surface area contributed by atoms with Gasteiger partial charge in [-0.1, -0.05) is 53.2 Å². The van der Waals surface area contributed by atoms with Crippen molar-refractivity contribution in [2.24, 2.45) is 0 Å². The molecule has 0 unspecified atom stereocenters. The van der Waals surface area contributed by atoms with Gasteiger partial charge in [0.15, 0.2) is 0 Å². The van der Waals surface area contributed by atoms with Crippen molar-refractivity contribution in [3.05, 3.63) is 64.6 Å². The number of hydrogen-bond acceptors (Lipinski definition) is 4. The van der Waals surface area contributed by atoms with Gasteiger partial charge in [-0.2, -0.15) is 18.2 Å². The largest absolute Gasteiger partial charge is 0.417 e. The fraction of sp³-hybridized carbons (Fsp3) is 0.238. The van der Waals surface area contributed by atoms with Gasteiger partial charge in [0.1, 0.15) is 5.82 Å². The zero-order chi connectivity index (χ0) is 21.0. The molecule has 0 aliphatic carbocycles. The van der Waals surface area contributed by atoms with E-state index in [1.54, 1.807) is 12.1 Å². The van der Waals surface area contributed by atoms with Crippen LogP contribution in [-0.2, 0) is 6.18 Å². The number of hydrogen-bond donors (Lipinski definition) is 2. The number of halogens is 4. The Hall–Kier alpha value is -2.61. The monoisotopic (exact) mass is 464 g/mol. The Kier molecular flexibility index (Phi) is 6.42. The Morgan fingerprint density at radius 2 is 1.76 bits per heavy atom. The highest BCUT2D eigenvalue weighted by molar-refractivity contribution is 9.10. The van der Waals surface area contributed by atoms with Crippen molar-refractivity contribution in [3.63, 3.8) is 0 Å². The van der Waals surface area contributed by atoms with Gasteiger partial charge in [-0.25, -0.2) is 4.98 Å². The second-order valence-corrected chi connectivity index (χ2v) is 7.45. The van der Waals surface area contributed by atoms with Gasteiger partial charge < -0.3 is 10.6 Å². The molecule has 1 atom stereocenters. The molecule has 0 bridgehead atoms. The Balaban J connectivity index is 1.99. The van der Waals surface area contributed by atoms with Crippen LogP contribution in [0.3, 0.4) is 0 Å². The average molecular weight is 465 g/mol. The molecule has 8 heteroatoms. The fourth-order valence-corrected chi connectivity index (χ4v) is 3.09. The van der Waals surface area contributed by atoms with Gasteiger partial charge in [0.2, 0.25) is 5.95 Å². The van der Waals surface area contributed by atoms with Crippen LogP contribution in [0.2, 0.25) is 0 Å². The smallest absolute Gasteiger partial charge is 0.352 e. The third kappa shape index (κ3) is 5.47. The summed E-state index contributed by atoms with van der Waals surface area (Å²) in [5, 5.41) is 6.20. The first kappa shape index (κ1) is 21.1. The highest BCUT2D eigenvalue weighted by Crippen LogP contribution is 2.37. The second-order valence-electron chi connectivity index (χ2n) is 6.60. The number of anilines is 3. The van der Waals surface area contributed by atoms with Crippen LogP contribution in [0, 0.1) is 0 Å². The molecule has 2 N–H and O–H groups in total. The summed E-state index contributed by atoms with van der Waals surface area (Å²) in [6, 6.07) is 15.4. The van der Waals surface area contributed by atoms with Crippen LogP contribution >= 0.6 is 15.9 Å². The summed E-state index contributed by atoms with van der Waals surface area (Å²) in [5.41, 5.74) is 1.09. The van der Waals surface area contributed by atoms with E-state index in [9.17, 15) is 13.2 Å². The molecule has 152 valence electrons. The molecule has 1 aromatic heterocycles. The van der Waals surface area contributed by atoms with E-state index < -0.39 is 11.7 Å². The molecule has 0 fully saturated rings. The normalized spacial score (nSPS) is 12.5. The average Bonchev–Trinajstić information content (AvgIpc) is 2.69. The van der Waals surface area contributed by atoms with Gasteiger partial charge in [-0.3, -0.25) is 0 Å². The quantitative estimate of drug-likeness (QED) is 0.417. The maximum absolute atomic E-state index is 13.2. The zero-order valence-electron chi connectivity index (χ0n) is 15.9. The standard InChI is InChI=1S/C21H20BrF3N4/c1-3-13(2)26-20-28-18(14-7-5-4-6-8-14)12-19(29-20)27-15-9-10-17(22)16(11-15)21(23,24)25/h4-13H,3H2,1-2H3,(H2,26,27,28,29)/t13-/m1/s1. The lowest BCUT2D eigenvalue weighted by Gasteiger charge is -2.16. The van der Waals surface area contributed by atoms with Gasteiger partial charge in [-0.15, -0.1) is 0 Å². The van der Waals surface area contributed by atoms with E-state index in [4.69, 9.17) is 0 Å². The molecule has 2 aromatic carbocycles. The van der Waals surface area contributed by atoms with E-state index in [0.29, 0.717) is 17.5 Å². The maximum atomic E-state index is 13.2. The number of aromatic nitrogens is 2. The number of nitrogens with zero attached hydrogens (tertiary/aromatic N) is 2. The van der Waals surface area contributed by atoms with Gasteiger partial charge in [0.25, 0.3) is 0 Å². The van der Waals surface area contributed by atoms with E-state index in [2.05, 4.69) is 36.5 Å². The number of nitrogens with one attached hydrogen (secondary N) is 2. The van der Waals surface area contributed by atoms with Crippen LogP contribution in [0.15, 0.2) is 59.1 Å². The van der Waals surface area contributed by atoms with Crippen molar-refractivity contribution in [2.75, 3.05) is 10.6 Å². The van der Waals surface area contributed by atoms with E-state index in [0.717, 1.165) is 18.1 Å². The molecular weight excluding hydrogens is 445 g/mol. The molecule has 4 nitrogen and oxygen atoms in total. The Labute approximate surface area is 175 Å². The summed E-state index contributed by atoms with van der Waals surface area (Å²) in [7, 11) is 0. The van der Waals surface area contributed by atoms with Crippen molar-refractivity contribution in [3.8, 4) is 11.3 Å². The zero-order valence-corrected chi connectivity index (χ0v) is 17.5. The number of alkyl halides is 3. The van der Waals surface area contributed by atoms with Crippen LogP contribution < -0.4 is 10.6 Å². The van der Waals surface area contributed by atoms with Crippen molar-refractivity contribution in [1.82, 2.24) is 9.97 Å². The summed E-state index contributed by atoms with van der Waals surface area (Å²) in [5.74, 6) is 0.816. The van der Waals surface area contributed by atoms with Gasteiger partial charge in [-0.05, 0) is 31.5 Å². The van der Waals surface area contributed by atoms with Crippen molar-refractivity contribution in [2.45, 2.75) is 32.5 Å². The van der Waals surface area contributed by atoms with Crippen LogP contribution in [0.5, 0.6) is 0 Å². The molecular formula is C21H20BrF3N4. The minimum atomic E-state index is -4.46. The van der Waals surface area contributed by atoms with E-state index >= 15 is 0 Å². The highest BCUT2D eigenvalue weighted by atomic mass is 79.9. The lowest BCUT2D eigenvalue weighted by Crippen LogP contribution is -2.16. The highest BCUT2D eigenvalue weighted by Gasteiger charge is 2.33. The van der Waals surface area contributed by atoms with Gasteiger partial charge in [0.05, 0.1) is 11.3 Å². The van der Waals surface area contributed by atoms with Crippen molar-refractivity contribution >= 4 is 33.4 Å². The topological polar surface area (TPSA) is 49.8 Å². The van der Waals surface area contributed by atoms with Crippen LogP contribution in [-0.4, -0.2) is 16.0 Å². The molecule has 1 heterocycles. The number of rotatable bonds is 6. The summed E-state index contributed by atoms with van der Waals surface area (Å²) >= 11 is 2.96. The van der Waals surface area contributed by atoms with Crippen LogP contribution in [0.4, 0.5) is 30.6 Å². The molecule has 0 radical (unpaired) electrons. The molecule has 0 amide bonds. The predicted octanol–water partition coefficient (Wildman–Crippen LogP) is 6.88. The third-order valence-corrected chi connectivity index (χ3v) is 5.02. The van der Waals surface area contributed by atoms with Crippen molar-refractivity contribution < 1.29 is 13.2 Å². The molecule has 0 aliphatic heterocycles. The molecule has 3 aromatic rings.